The average molecular weight is 498 g/mol. The Bertz CT molecular complexity index is 1240. The standard InChI is InChI=1S/C29H35N7O/c1-21-5-10-25(18-27(21)34-29-31-13-11-26(33-29)24-4-3-12-30-19-24)32-28(37)23-8-6-22(7-9-23)20-36-16-14-35(2)15-17-36/h3-13,18,29-30,33-34H,14-17,19-20H2,1-2H3,(H,32,37). The number of nitrogens with zero attached hydrogens (tertiary/aromatic N) is 3. The number of aliphatic imine (C=N–C) groups is 1. The van der Waals surface area contributed by atoms with Crippen LogP contribution < -0.4 is 21.3 Å². The molecule has 2 aromatic carbocycles. The fourth-order valence-electron chi connectivity index (χ4n) is 4.59. The molecule has 1 saturated heterocycles. The summed E-state index contributed by atoms with van der Waals surface area (Å²) in [6.45, 7) is 8.08. The predicted octanol–water partition coefficient (Wildman–Crippen LogP) is 3.29. The maximum atomic E-state index is 12.9. The van der Waals surface area contributed by atoms with Gasteiger partial charge in [0, 0.05) is 68.1 Å². The zero-order chi connectivity index (χ0) is 25.6. The predicted molar refractivity (Wildman–Crippen MR) is 151 cm³/mol. The van der Waals surface area contributed by atoms with Gasteiger partial charge in [0.2, 0.25) is 0 Å². The molecule has 2 aromatic rings. The van der Waals surface area contributed by atoms with Gasteiger partial charge in [0.1, 0.15) is 0 Å². The molecule has 1 unspecified atom stereocenters. The van der Waals surface area contributed by atoms with Crippen LogP contribution in [0.4, 0.5) is 11.4 Å². The van der Waals surface area contributed by atoms with E-state index in [1.807, 2.05) is 61.8 Å². The molecule has 1 atom stereocenters. The first kappa shape index (κ1) is 24.8. The van der Waals surface area contributed by atoms with Crippen molar-refractivity contribution in [3.05, 3.63) is 94.9 Å². The van der Waals surface area contributed by atoms with E-state index in [4.69, 9.17) is 0 Å². The lowest BCUT2D eigenvalue weighted by Crippen LogP contribution is -2.43. The van der Waals surface area contributed by atoms with Gasteiger partial charge in [-0.3, -0.25) is 9.69 Å². The molecule has 8 heteroatoms. The molecule has 0 radical (unpaired) electrons. The summed E-state index contributed by atoms with van der Waals surface area (Å²) in [5, 5.41) is 13.2. The van der Waals surface area contributed by atoms with Crippen molar-refractivity contribution in [3.63, 3.8) is 0 Å². The van der Waals surface area contributed by atoms with E-state index in [1.54, 1.807) is 0 Å². The van der Waals surface area contributed by atoms with E-state index in [1.165, 1.54) is 11.1 Å². The minimum atomic E-state index is -0.302. The van der Waals surface area contributed by atoms with Crippen LogP contribution in [0.1, 0.15) is 21.5 Å². The average Bonchev–Trinajstić information content (AvgIpc) is 2.93. The van der Waals surface area contributed by atoms with Gasteiger partial charge in [-0.2, -0.15) is 0 Å². The first-order valence-electron chi connectivity index (χ1n) is 12.8. The highest BCUT2D eigenvalue weighted by Gasteiger charge is 2.17. The van der Waals surface area contributed by atoms with E-state index in [0.717, 1.165) is 61.9 Å². The number of nitrogens with one attached hydrogen (secondary N) is 4. The fraction of sp³-hybridized carbons (Fsp3) is 0.310. The summed E-state index contributed by atoms with van der Waals surface area (Å²) in [4.78, 5) is 22.3. The smallest absolute Gasteiger partial charge is 0.255 e. The Labute approximate surface area is 218 Å². The summed E-state index contributed by atoms with van der Waals surface area (Å²) in [7, 11) is 2.16. The normalized spacial score (nSPS) is 19.9. The van der Waals surface area contributed by atoms with Gasteiger partial charge in [0.15, 0.2) is 6.29 Å². The summed E-state index contributed by atoms with van der Waals surface area (Å²) in [6.07, 6.45) is 9.51. The lowest BCUT2D eigenvalue weighted by atomic mass is 10.1. The first-order valence-corrected chi connectivity index (χ1v) is 12.8. The molecule has 192 valence electrons. The second kappa shape index (κ2) is 11.5. The third-order valence-electron chi connectivity index (χ3n) is 6.92. The molecule has 0 bridgehead atoms. The van der Waals surface area contributed by atoms with Gasteiger partial charge >= 0.3 is 0 Å². The van der Waals surface area contributed by atoms with E-state index in [0.29, 0.717) is 5.56 Å². The molecule has 3 heterocycles. The highest BCUT2D eigenvalue weighted by atomic mass is 16.1. The molecule has 1 fully saturated rings. The number of benzene rings is 2. The molecular formula is C29H35N7O. The Morgan fingerprint density at radius 3 is 2.65 bits per heavy atom. The second-order valence-electron chi connectivity index (χ2n) is 9.76. The van der Waals surface area contributed by atoms with Crippen molar-refractivity contribution in [1.82, 2.24) is 20.4 Å². The lowest BCUT2D eigenvalue weighted by molar-refractivity contribution is 0.102. The highest BCUT2D eigenvalue weighted by molar-refractivity contribution is 6.04. The number of aryl methyl sites for hydroxylation is 1. The van der Waals surface area contributed by atoms with Gasteiger partial charge in [-0.25, -0.2) is 4.99 Å². The summed E-state index contributed by atoms with van der Waals surface area (Å²) >= 11 is 0. The van der Waals surface area contributed by atoms with Crippen LogP contribution in [-0.4, -0.2) is 68.0 Å². The number of likely N-dealkylation sites (N-methyl/N-ethyl adjacent to an activating group) is 1. The van der Waals surface area contributed by atoms with Crippen LogP contribution in [-0.2, 0) is 6.54 Å². The summed E-state index contributed by atoms with van der Waals surface area (Å²) in [5.41, 5.74) is 6.80. The molecule has 4 N–H and O–H groups in total. The Morgan fingerprint density at radius 2 is 1.89 bits per heavy atom. The first-order chi connectivity index (χ1) is 18.0. The highest BCUT2D eigenvalue weighted by Crippen LogP contribution is 2.23. The number of carbonyl (C=O) groups is 1. The zero-order valence-electron chi connectivity index (χ0n) is 21.5. The van der Waals surface area contributed by atoms with E-state index in [9.17, 15) is 4.79 Å². The Morgan fingerprint density at radius 1 is 1.08 bits per heavy atom. The van der Waals surface area contributed by atoms with Gasteiger partial charge in [-0.15, -0.1) is 0 Å². The maximum absolute atomic E-state index is 12.9. The van der Waals surface area contributed by atoms with Crippen molar-refractivity contribution in [2.45, 2.75) is 19.8 Å². The van der Waals surface area contributed by atoms with Gasteiger partial charge in [0.05, 0.1) is 0 Å². The number of dihydropyridines is 1. The molecule has 37 heavy (non-hydrogen) atoms. The molecule has 3 aliphatic rings. The molecule has 0 saturated carbocycles. The molecular weight excluding hydrogens is 462 g/mol. The number of hydrogen-bond donors (Lipinski definition) is 4. The summed E-state index contributed by atoms with van der Waals surface area (Å²) < 4.78 is 0. The number of hydrogen-bond acceptors (Lipinski definition) is 7. The van der Waals surface area contributed by atoms with E-state index in [-0.39, 0.29) is 12.2 Å². The number of carbonyl (C=O) groups excluding carboxylic acids is 1. The van der Waals surface area contributed by atoms with Crippen LogP contribution >= 0.6 is 0 Å². The fourth-order valence-corrected chi connectivity index (χ4v) is 4.59. The molecule has 0 spiro atoms. The number of allylic oxidation sites excluding steroid dienone is 3. The van der Waals surface area contributed by atoms with Crippen LogP contribution in [0.5, 0.6) is 0 Å². The number of amides is 1. The Hall–Kier alpha value is -3.88. The molecule has 8 nitrogen and oxygen atoms in total. The Balaban J connectivity index is 1.18. The van der Waals surface area contributed by atoms with E-state index < -0.39 is 0 Å². The van der Waals surface area contributed by atoms with Crippen molar-refractivity contribution in [2.75, 3.05) is 50.4 Å². The number of rotatable bonds is 7. The lowest BCUT2D eigenvalue weighted by Gasteiger charge is -2.32. The third-order valence-corrected chi connectivity index (χ3v) is 6.92. The minimum Gasteiger partial charge on any atom is -0.387 e. The van der Waals surface area contributed by atoms with Crippen LogP contribution in [0, 0.1) is 6.92 Å². The quantitative estimate of drug-likeness (QED) is 0.470. The van der Waals surface area contributed by atoms with E-state index >= 15 is 0 Å². The van der Waals surface area contributed by atoms with Crippen LogP contribution in [0.3, 0.4) is 0 Å². The third kappa shape index (κ3) is 6.47. The molecule has 3 aliphatic heterocycles. The van der Waals surface area contributed by atoms with Crippen molar-refractivity contribution < 1.29 is 4.79 Å². The van der Waals surface area contributed by atoms with Crippen LogP contribution in [0.15, 0.2) is 83.2 Å². The van der Waals surface area contributed by atoms with E-state index in [2.05, 4.69) is 61.3 Å². The minimum absolute atomic E-state index is 0.121. The maximum Gasteiger partial charge on any atom is 0.255 e. The molecule has 1 amide bonds. The molecule has 0 aromatic heterocycles. The number of anilines is 2. The van der Waals surface area contributed by atoms with Gasteiger partial charge in [-0.1, -0.05) is 24.3 Å². The van der Waals surface area contributed by atoms with Crippen molar-refractivity contribution in [1.29, 1.82) is 0 Å². The molecule has 0 aliphatic carbocycles. The van der Waals surface area contributed by atoms with Gasteiger partial charge < -0.3 is 26.2 Å². The van der Waals surface area contributed by atoms with Crippen LogP contribution in [0.25, 0.3) is 0 Å². The van der Waals surface area contributed by atoms with Crippen molar-refractivity contribution in [3.8, 4) is 0 Å². The SMILES string of the molecule is Cc1ccc(NC(=O)c2ccc(CN3CCN(C)CC3)cc2)cc1NC1N=CC=C(C2=CC=CNC2)N1. The largest absolute Gasteiger partial charge is 0.387 e. The van der Waals surface area contributed by atoms with Crippen LogP contribution in [0.2, 0.25) is 0 Å². The zero-order valence-corrected chi connectivity index (χ0v) is 21.5. The van der Waals surface area contributed by atoms with Crippen molar-refractivity contribution >= 4 is 23.5 Å². The van der Waals surface area contributed by atoms with Crippen molar-refractivity contribution in [2.24, 2.45) is 4.99 Å². The van der Waals surface area contributed by atoms with Gasteiger partial charge in [-0.05, 0) is 73.3 Å². The second-order valence-corrected chi connectivity index (χ2v) is 9.76. The topological polar surface area (TPSA) is 84.0 Å². The summed E-state index contributed by atoms with van der Waals surface area (Å²) in [6, 6.07) is 13.8. The summed E-state index contributed by atoms with van der Waals surface area (Å²) in [5.74, 6) is -0.121. The molecule has 5 rings (SSSR count). The number of piperazine rings is 1. The monoisotopic (exact) mass is 497 g/mol. The van der Waals surface area contributed by atoms with Gasteiger partial charge in [0.25, 0.3) is 5.91 Å². The Kier molecular flexibility index (Phi) is 7.67.